The molecule has 0 bridgehead atoms. The standard InChI is InChI=1S/C21H25N5O4/c1-14(2)18(20-25-19(26-30-20)15-7-5-4-6-8-15)24-21(27)23-16-9-10-17(22-13-16)29-12-11-28-3/h4-10,13-14,18H,11-12H2,1-3H3,(H2,23,24,27)/t18-/m0/s1. The molecule has 0 radical (unpaired) electrons. The Morgan fingerprint density at radius 1 is 1.13 bits per heavy atom. The minimum absolute atomic E-state index is 0.0366. The van der Waals surface area contributed by atoms with Crippen molar-refractivity contribution >= 4 is 11.7 Å². The van der Waals surface area contributed by atoms with E-state index in [9.17, 15) is 4.79 Å². The normalized spacial score (nSPS) is 11.9. The molecule has 0 fully saturated rings. The summed E-state index contributed by atoms with van der Waals surface area (Å²) in [6.45, 7) is 4.81. The molecule has 0 aliphatic rings. The van der Waals surface area contributed by atoms with E-state index in [2.05, 4.69) is 25.8 Å². The molecule has 2 amide bonds. The lowest BCUT2D eigenvalue weighted by Gasteiger charge is -2.18. The van der Waals surface area contributed by atoms with Gasteiger partial charge in [-0.1, -0.05) is 49.3 Å². The molecule has 1 atom stereocenters. The van der Waals surface area contributed by atoms with Crippen LogP contribution in [-0.2, 0) is 4.74 Å². The zero-order chi connectivity index (χ0) is 21.3. The van der Waals surface area contributed by atoms with Crippen molar-refractivity contribution in [2.75, 3.05) is 25.6 Å². The number of amides is 2. The van der Waals surface area contributed by atoms with E-state index in [0.29, 0.717) is 36.5 Å². The molecule has 0 saturated heterocycles. The lowest BCUT2D eigenvalue weighted by Crippen LogP contribution is -2.35. The highest BCUT2D eigenvalue weighted by atomic mass is 16.5. The monoisotopic (exact) mass is 411 g/mol. The molecule has 2 heterocycles. The number of ether oxygens (including phenoxy) is 2. The van der Waals surface area contributed by atoms with Crippen LogP contribution in [0.4, 0.5) is 10.5 Å². The maximum absolute atomic E-state index is 12.5. The second-order valence-electron chi connectivity index (χ2n) is 6.87. The minimum atomic E-state index is -0.445. The predicted molar refractivity (Wildman–Crippen MR) is 111 cm³/mol. The third-order valence-corrected chi connectivity index (χ3v) is 4.22. The van der Waals surface area contributed by atoms with E-state index in [1.165, 1.54) is 6.20 Å². The molecule has 0 aliphatic heterocycles. The number of nitrogens with zero attached hydrogens (tertiary/aromatic N) is 3. The molecule has 2 aromatic heterocycles. The number of pyridine rings is 1. The van der Waals surface area contributed by atoms with E-state index in [4.69, 9.17) is 14.0 Å². The van der Waals surface area contributed by atoms with Gasteiger partial charge in [0.2, 0.25) is 17.6 Å². The maximum atomic E-state index is 12.5. The maximum Gasteiger partial charge on any atom is 0.319 e. The van der Waals surface area contributed by atoms with Crippen LogP contribution in [0.1, 0.15) is 25.8 Å². The number of hydrogen-bond donors (Lipinski definition) is 2. The zero-order valence-electron chi connectivity index (χ0n) is 17.2. The Morgan fingerprint density at radius 3 is 2.60 bits per heavy atom. The molecule has 2 N–H and O–H groups in total. The summed E-state index contributed by atoms with van der Waals surface area (Å²) >= 11 is 0. The molecule has 3 aromatic rings. The number of anilines is 1. The summed E-state index contributed by atoms with van der Waals surface area (Å²) in [6, 6.07) is 12.1. The average molecular weight is 411 g/mol. The smallest absolute Gasteiger partial charge is 0.319 e. The highest BCUT2D eigenvalue weighted by Gasteiger charge is 2.25. The van der Waals surface area contributed by atoms with Gasteiger partial charge < -0.3 is 24.6 Å². The van der Waals surface area contributed by atoms with Crippen LogP contribution in [0.3, 0.4) is 0 Å². The third kappa shape index (κ3) is 5.77. The summed E-state index contributed by atoms with van der Waals surface area (Å²) in [7, 11) is 1.60. The van der Waals surface area contributed by atoms with Crippen molar-refractivity contribution in [1.82, 2.24) is 20.4 Å². The Bertz CT molecular complexity index is 928. The molecule has 3 rings (SSSR count). The van der Waals surface area contributed by atoms with Gasteiger partial charge >= 0.3 is 6.03 Å². The number of nitrogens with one attached hydrogen (secondary N) is 2. The SMILES string of the molecule is COCCOc1ccc(NC(=O)N[C@H](c2nc(-c3ccccc3)no2)C(C)C)cn1. The van der Waals surface area contributed by atoms with Crippen molar-refractivity contribution in [1.29, 1.82) is 0 Å². The first-order valence-corrected chi connectivity index (χ1v) is 9.61. The van der Waals surface area contributed by atoms with Crippen molar-refractivity contribution in [3.05, 3.63) is 54.6 Å². The number of urea groups is 1. The Morgan fingerprint density at radius 2 is 1.93 bits per heavy atom. The molecule has 9 nitrogen and oxygen atoms in total. The van der Waals surface area contributed by atoms with Crippen molar-refractivity contribution < 1.29 is 18.8 Å². The molecule has 0 unspecified atom stereocenters. The van der Waals surface area contributed by atoms with Crippen LogP contribution < -0.4 is 15.4 Å². The Kier molecular flexibility index (Phi) is 7.34. The van der Waals surface area contributed by atoms with Gasteiger partial charge in [-0.3, -0.25) is 0 Å². The van der Waals surface area contributed by atoms with Crippen molar-refractivity contribution in [3.8, 4) is 17.3 Å². The van der Waals surface area contributed by atoms with Gasteiger partial charge in [-0.2, -0.15) is 4.98 Å². The number of methoxy groups -OCH3 is 1. The fraction of sp³-hybridized carbons (Fsp3) is 0.333. The van der Waals surface area contributed by atoms with Crippen molar-refractivity contribution in [2.45, 2.75) is 19.9 Å². The molecule has 158 valence electrons. The molecular formula is C21H25N5O4. The van der Waals surface area contributed by atoms with Gasteiger partial charge in [0.15, 0.2) is 0 Å². The summed E-state index contributed by atoms with van der Waals surface area (Å²) in [5.41, 5.74) is 1.38. The second-order valence-corrected chi connectivity index (χ2v) is 6.87. The minimum Gasteiger partial charge on any atom is -0.475 e. The lowest BCUT2D eigenvalue weighted by molar-refractivity contribution is 0.144. The van der Waals surface area contributed by atoms with E-state index >= 15 is 0 Å². The van der Waals surface area contributed by atoms with Crippen LogP contribution in [0.25, 0.3) is 11.4 Å². The fourth-order valence-corrected chi connectivity index (χ4v) is 2.66. The summed E-state index contributed by atoms with van der Waals surface area (Å²) in [5, 5.41) is 9.66. The predicted octanol–water partition coefficient (Wildman–Crippen LogP) is 3.68. The highest BCUT2D eigenvalue weighted by molar-refractivity contribution is 5.89. The number of benzene rings is 1. The van der Waals surface area contributed by atoms with Crippen molar-refractivity contribution in [3.63, 3.8) is 0 Å². The van der Waals surface area contributed by atoms with Gasteiger partial charge in [0.1, 0.15) is 12.6 Å². The van der Waals surface area contributed by atoms with Crippen LogP contribution in [0.2, 0.25) is 0 Å². The second kappa shape index (κ2) is 10.4. The number of carbonyl (C=O) groups is 1. The van der Waals surface area contributed by atoms with Gasteiger partial charge in [0.05, 0.1) is 18.5 Å². The number of rotatable bonds is 9. The first-order valence-electron chi connectivity index (χ1n) is 9.61. The molecule has 0 spiro atoms. The van der Waals surface area contributed by atoms with Gasteiger partial charge in [0.25, 0.3) is 0 Å². The van der Waals surface area contributed by atoms with E-state index in [0.717, 1.165) is 5.56 Å². The molecule has 0 saturated carbocycles. The fourth-order valence-electron chi connectivity index (χ4n) is 2.66. The van der Waals surface area contributed by atoms with Crippen LogP contribution >= 0.6 is 0 Å². The molecule has 1 aromatic carbocycles. The van der Waals surface area contributed by atoms with Crippen LogP contribution in [-0.4, -0.2) is 41.5 Å². The summed E-state index contributed by atoms with van der Waals surface area (Å²) < 4.78 is 15.7. The summed E-state index contributed by atoms with van der Waals surface area (Å²) in [5.74, 6) is 1.32. The number of aromatic nitrogens is 3. The third-order valence-electron chi connectivity index (χ3n) is 4.22. The van der Waals surface area contributed by atoms with Gasteiger partial charge in [-0.05, 0) is 12.0 Å². The highest BCUT2D eigenvalue weighted by Crippen LogP contribution is 2.23. The number of hydrogen-bond acceptors (Lipinski definition) is 7. The van der Waals surface area contributed by atoms with E-state index < -0.39 is 12.1 Å². The molecule has 9 heteroatoms. The first kappa shape index (κ1) is 21.3. The van der Waals surface area contributed by atoms with E-state index in [1.807, 2.05) is 44.2 Å². The van der Waals surface area contributed by atoms with Gasteiger partial charge in [-0.25, -0.2) is 9.78 Å². The first-order chi connectivity index (χ1) is 14.6. The van der Waals surface area contributed by atoms with Crippen LogP contribution in [0.5, 0.6) is 5.88 Å². The van der Waals surface area contributed by atoms with Crippen LogP contribution in [0.15, 0.2) is 53.2 Å². The number of carbonyl (C=O) groups excluding carboxylic acids is 1. The average Bonchev–Trinajstić information content (AvgIpc) is 3.24. The van der Waals surface area contributed by atoms with Gasteiger partial charge in [-0.15, -0.1) is 0 Å². The molecule has 0 aliphatic carbocycles. The van der Waals surface area contributed by atoms with E-state index in [1.54, 1.807) is 19.2 Å². The summed E-state index contributed by atoms with van der Waals surface area (Å²) in [4.78, 5) is 21.1. The molecular weight excluding hydrogens is 386 g/mol. The largest absolute Gasteiger partial charge is 0.475 e. The zero-order valence-corrected chi connectivity index (χ0v) is 17.2. The Hall–Kier alpha value is -3.46. The quantitative estimate of drug-likeness (QED) is 0.517. The molecule has 30 heavy (non-hydrogen) atoms. The van der Waals surface area contributed by atoms with Crippen molar-refractivity contribution in [2.24, 2.45) is 5.92 Å². The van der Waals surface area contributed by atoms with Crippen LogP contribution in [0, 0.1) is 5.92 Å². The van der Waals surface area contributed by atoms with E-state index in [-0.39, 0.29) is 5.92 Å². The Balaban J connectivity index is 1.61. The summed E-state index contributed by atoms with van der Waals surface area (Å²) in [6.07, 6.45) is 1.52. The lowest BCUT2D eigenvalue weighted by atomic mass is 10.0. The van der Waals surface area contributed by atoms with Gasteiger partial charge in [0, 0.05) is 18.7 Å². The Labute approximate surface area is 174 Å². The topological polar surface area (TPSA) is 111 Å².